The molecule has 1 amide bonds. The Hall–Kier alpha value is -4.07. The molecule has 1 saturated heterocycles. The van der Waals surface area contributed by atoms with E-state index in [0.717, 1.165) is 12.1 Å². The molecule has 1 aromatic heterocycles. The van der Waals surface area contributed by atoms with E-state index in [2.05, 4.69) is 0 Å². The van der Waals surface area contributed by atoms with Gasteiger partial charge < -0.3 is 24.3 Å². The van der Waals surface area contributed by atoms with Gasteiger partial charge in [0.15, 0.2) is 0 Å². The summed E-state index contributed by atoms with van der Waals surface area (Å²) in [4.78, 5) is 27.1. The highest BCUT2D eigenvalue weighted by molar-refractivity contribution is 6.46. The Labute approximate surface area is 176 Å². The van der Waals surface area contributed by atoms with E-state index < -0.39 is 29.3 Å². The monoisotopic (exact) mass is 423 g/mol. The van der Waals surface area contributed by atoms with Gasteiger partial charge in [-0.15, -0.1) is 0 Å². The normalized spacial score (nSPS) is 17.9. The first-order valence-corrected chi connectivity index (χ1v) is 9.34. The number of carbonyl (C=O) groups is 2. The lowest BCUT2D eigenvalue weighted by Gasteiger charge is -2.24. The van der Waals surface area contributed by atoms with Crippen molar-refractivity contribution in [2.24, 2.45) is 0 Å². The number of ether oxygens (including phenoxy) is 1. The van der Waals surface area contributed by atoms with Crippen LogP contribution in [-0.2, 0) is 16.1 Å². The SMILES string of the molecule is COc1ccc(F)cc1/C(O)=C1\C(=O)C(=O)N(Cc2ccco2)C1c1ccc(O)cc1. The second-order valence-corrected chi connectivity index (χ2v) is 6.94. The highest BCUT2D eigenvalue weighted by atomic mass is 19.1. The number of methoxy groups -OCH3 is 1. The number of rotatable bonds is 5. The van der Waals surface area contributed by atoms with Gasteiger partial charge in [-0.3, -0.25) is 9.59 Å². The summed E-state index contributed by atoms with van der Waals surface area (Å²) in [6, 6.07) is 11.7. The van der Waals surface area contributed by atoms with E-state index in [1.807, 2.05) is 0 Å². The van der Waals surface area contributed by atoms with Crippen LogP contribution in [0.1, 0.15) is 22.9 Å². The summed E-state index contributed by atoms with van der Waals surface area (Å²) in [5.41, 5.74) is 0.203. The standard InChI is InChI=1S/C23H18FNO6/c1-30-18-9-6-14(24)11-17(18)21(27)19-20(13-4-7-15(26)8-5-13)25(23(29)22(19)28)12-16-3-2-10-31-16/h2-11,20,26-27H,12H2,1H3/b21-19+. The quantitative estimate of drug-likeness (QED) is 0.368. The number of Topliss-reactive ketones (excluding diaryl/α,β-unsaturated/α-hetero) is 1. The van der Waals surface area contributed by atoms with Gasteiger partial charge in [0.25, 0.3) is 11.7 Å². The molecule has 7 nitrogen and oxygen atoms in total. The van der Waals surface area contributed by atoms with Crippen molar-refractivity contribution >= 4 is 17.4 Å². The number of benzene rings is 2. The molecule has 4 rings (SSSR count). The van der Waals surface area contributed by atoms with Crippen LogP contribution in [0, 0.1) is 5.82 Å². The van der Waals surface area contributed by atoms with Gasteiger partial charge in [-0.2, -0.15) is 0 Å². The van der Waals surface area contributed by atoms with Gasteiger partial charge in [-0.1, -0.05) is 12.1 Å². The molecule has 0 bridgehead atoms. The van der Waals surface area contributed by atoms with E-state index in [-0.39, 0.29) is 29.2 Å². The number of hydrogen-bond donors (Lipinski definition) is 2. The number of hydrogen-bond acceptors (Lipinski definition) is 6. The third-order valence-electron chi connectivity index (χ3n) is 5.07. The predicted octanol–water partition coefficient (Wildman–Crippen LogP) is 3.75. The molecule has 0 spiro atoms. The molecular formula is C23H18FNO6. The van der Waals surface area contributed by atoms with E-state index in [4.69, 9.17) is 9.15 Å². The van der Waals surface area contributed by atoms with Crippen molar-refractivity contribution in [2.45, 2.75) is 12.6 Å². The molecule has 2 aromatic carbocycles. The molecule has 1 atom stereocenters. The van der Waals surface area contributed by atoms with Crippen LogP contribution in [0.25, 0.3) is 5.76 Å². The lowest BCUT2D eigenvalue weighted by Crippen LogP contribution is -2.29. The lowest BCUT2D eigenvalue weighted by atomic mass is 9.95. The zero-order chi connectivity index (χ0) is 22.1. The Morgan fingerprint density at radius 3 is 2.55 bits per heavy atom. The van der Waals surface area contributed by atoms with Crippen LogP contribution in [0.15, 0.2) is 70.9 Å². The van der Waals surface area contributed by atoms with Gasteiger partial charge in [0.1, 0.15) is 28.8 Å². The van der Waals surface area contributed by atoms with Crippen LogP contribution in [0.2, 0.25) is 0 Å². The number of furan rings is 1. The van der Waals surface area contributed by atoms with Crippen LogP contribution in [0.5, 0.6) is 11.5 Å². The third-order valence-corrected chi connectivity index (χ3v) is 5.07. The number of aromatic hydroxyl groups is 1. The fourth-order valence-electron chi connectivity index (χ4n) is 3.63. The number of likely N-dealkylation sites (tertiary alicyclic amines) is 1. The van der Waals surface area contributed by atoms with Gasteiger partial charge in [0.2, 0.25) is 0 Å². The van der Waals surface area contributed by atoms with Gasteiger partial charge in [0, 0.05) is 0 Å². The van der Waals surface area contributed by atoms with Crippen molar-refractivity contribution < 1.29 is 33.3 Å². The van der Waals surface area contributed by atoms with E-state index in [1.54, 1.807) is 12.1 Å². The average Bonchev–Trinajstić information content (AvgIpc) is 3.36. The summed E-state index contributed by atoms with van der Waals surface area (Å²) in [5, 5.41) is 20.7. The Kier molecular flexibility index (Phi) is 5.21. The second-order valence-electron chi connectivity index (χ2n) is 6.94. The molecule has 31 heavy (non-hydrogen) atoms. The van der Waals surface area contributed by atoms with Gasteiger partial charge in [-0.25, -0.2) is 4.39 Å². The maximum Gasteiger partial charge on any atom is 0.296 e. The zero-order valence-corrected chi connectivity index (χ0v) is 16.4. The number of amides is 1. The first kappa shape index (κ1) is 20.2. The van der Waals surface area contributed by atoms with Crippen LogP contribution >= 0.6 is 0 Å². The fraction of sp³-hybridized carbons (Fsp3) is 0.130. The van der Waals surface area contributed by atoms with Gasteiger partial charge in [0.05, 0.1) is 37.1 Å². The molecule has 158 valence electrons. The Morgan fingerprint density at radius 1 is 1.16 bits per heavy atom. The summed E-state index contributed by atoms with van der Waals surface area (Å²) in [5.74, 6) is -2.39. The first-order valence-electron chi connectivity index (χ1n) is 9.34. The van der Waals surface area contributed by atoms with Crippen molar-refractivity contribution in [3.63, 3.8) is 0 Å². The number of aliphatic hydroxyl groups is 1. The predicted molar refractivity (Wildman–Crippen MR) is 108 cm³/mol. The third kappa shape index (κ3) is 3.63. The molecule has 3 aromatic rings. The van der Waals surface area contributed by atoms with Crippen LogP contribution < -0.4 is 4.74 Å². The molecule has 0 aliphatic carbocycles. The summed E-state index contributed by atoms with van der Waals surface area (Å²) in [7, 11) is 1.34. The minimum Gasteiger partial charge on any atom is -0.508 e. The first-order chi connectivity index (χ1) is 14.9. The van der Waals surface area contributed by atoms with Crippen LogP contribution in [0.3, 0.4) is 0 Å². The van der Waals surface area contributed by atoms with Gasteiger partial charge >= 0.3 is 0 Å². The Morgan fingerprint density at radius 2 is 1.90 bits per heavy atom. The fourth-order valence-corrected chi connectivity index (χ4v) is 3.63. The number of halogens is 1. The minimum atomic E-state index is -0.987. The van der Waals surface area contributed by atoms with Crippen LogP contribution in [0.4, 0.5) is 4.39 Å². The second kappa shape index (κ2) is 7.98. The lowest BCUT2D eigenvalue weighted by molar-refractivity contribution is -0.140. The number of ketones is 1. The van der Waals surface area contributed by atoms with Crippen molar-refractivity contribution in [1.82, 2.24) is 4.90 Å². The highest BCUT2D eigenvalue weighted by Crippen LogP contribution is 2.42. The summed E-state index contributed by atoms with van der Waals surface area (Å²) < 4.78 is 24.4. The van der Waals surface area contributed by atoms with Crippen molar-refractivity contribution in [3.05, 3.63) is 89.1 Å². The average molecular weight is 423 g/mol. The Balaban J connectivity index is 1.91. The maximum atomic E-state index is 13.9. The molecule has 0 radical (unpaired) electrons. The molecule has 0 saturated carbocycles. The van der Waals surface area contributed by atoms with Crippen molar-refractivity contribution in [1.29, 1.82) is 0 Å². The largest absolute Gasteiger partial charge is 0.508 e. The molecule has 2 heterocycles. The zero-order valence-electron chi connectivity index (χ0n) is 16.4. The topological polar surface area (TPSA) is 100 Å². The van der Waals surface area contributed by atoms with Crippen LogP contribution in [-0.4, -0.2) is 33.9 Å². The minimum absolute atomic E-state index is 0.00136. The number of aliphatic hydroxyl groups excluding tert-OH is 1. The number of nitrogens with zero attached hydrogens (tertiary/aromatic N) is 1. The number of phenolic OH excluding ortho intramolecular Hbond substituents is 1. The van der Waals surface area contributed by atoms with E-state index in [9.17, 15) is 24.2 Å². The molecular weight excluding hydrogens is 405 g/mol. The molecule has 1 aliphatic heterocycles. The molecule has 1 unspecified atom stereocenters. The molecule has 1 aliphatic rings. The molecule has 2 N–H and O–H groups in total. The van der Waals surface area contributed by atoms with Gasteiger partial charge in [-0.05, 0) is 48.0 Å². The van der Waals surface area contributed by atoms with E-state index in [1.165, 1.54) is 48.6 Å². The van der Waals surface area contributed by atoms with Crippen molar-refractivity contribution in [3.8, 4) is 11.5 Å². The van der Waals surface area contributed by atoms with E-state index >= 15 is 0 Å². The molecule has 1 fully saturated rings. The summed E-state index contributed by atoms with van der Waals surface area (Å²) >= 11 is 0. The summed E-state index contributed by atoms with van der Waals surface area (Å²) in [6.07, 6.45) is 1.44. The summed E-state index contributed by atoms with van der Waals surface area (Å²) in [6.45, 7) is -0.0276. The number of phenols is 1. The smallest absolute Gasteiger partial charge is 0.296 e. The number of carbonyl (C=O) groups excluding carboxylic acids is 2. The maximum absolute atomic E-state index is 13.9. The van der Waals surface area contributed by atoms with E-state index in [0.29, 0.717) is 11.3 Å². The highest BCUT2D eigenvalue weighted by Gasteiger charge is 2.46. The Bertz CT molecular complexity index is 1170. The molecule has 8 heteroatoms. The van der Waals surface area contributed by atoms with Crippen molar-refractivity contribution in [2.75, 3.05) is 7.11 Å².